The number of aromatic nitrogens is 1. The standard InChI is InChI=1S/C9H9NOS/c1-6-2-3-7-8(4-6)12-9(5-11)10-7/h2-4,11H,5H2,1H3. The van der Waals surface area contributed by atoms with Crippen molar-refractivity contribution in [3.63, 3.8) is 0 Å². The highest BCUT2D eigenvalue weighted by molar-refractivity contribution is 7.18. The number of hydrogen-bond acceptors (Lipinski definition) is 3. The molecule has 1 aromatic heterocycles. The van der Waals surface area contributed by atoms with Crippen molar-refractivity contribution < 1.29 is 5.11 Å². The Morgan fingerprint density at radius 2 is 2.33 bits per heavy atom. The fourth-order valence-corrected chi connectivity index (χ4v) is 2.07. The summed E-state index contributed by atoms with van der Waals surface area (Å²) in [4.78, 5) is 4.24. The second-order valence-corrected chi connectivity index (χ2v) is 3.85. The summed E-state index contributed by atoms with van der Waals surface area (Å²) in [5.41, 5.74) is 2.21. The first kappa shape index (κ1) is 7.71. The average molecular weight is 179 g/mol. The molecule has 12 heavy (non-hydrogen) atoms. The summed E-state index contributed by atoms with van der Waals surface area (Å²) < 4.78 is 1.15. The highest BCUT2D eigenvalue weighted by Gasteiger charge is 2.01. The molecule has 2 rings (SSSR count). The van der Waals surface area contributed by atoms with E-state index >= 15 is 0 Å². The summed E-state index contributed by atoms with van der Waals surface area (Å²) in [6, 6.07) is 6.11. The first-order valence-electron chi connectivity index (χ1n) is 3.76. The van der Waals surface area contributed by atoms with E-state index in [1.165, 1.54) is 5.56 Å². The number of hydrogen-bond donors (Lipinski definition) is 1. The molecule has 2 nitrogen and oxygen atoms in total. The van der Waals surface area contributed by atoms with Crippen molar-refractivity contribution in [2.45, 2.75) is 13.5 Å². The normalized spacial score (nSPS) is 10.8. The minimum Gasteiger partial charge on any atom is -0.389 e. The van der Waals surface area contributed by atoms with E-state index in [1.54, 1.807) is 11.3 Å². The van der Waals surface area contributed by atoms with Crippen LogP contribution in [0.3, 0.4) is 0 Å². The van der Waals surface area contributed by atoms with Crippen LogP contribution >= 0.6 is 11.3 Å². The largest absolute Gasteiger partial charge is 0.389 e. The lowest BCUT2D eigenvalue weighted by molar-refractivity contribution is 0.281. The van der Waals surface area contributed by atoms with E-state index in [1.807, 2.05) is 12.1 Å². The summed E-state index contributed by atoms with van der Waals surface area (Å²) in [7, 11) is 0. The first-order valence-corrected chi connectivity index (χ1v) is 4.58. The molecule has 1 heterocycles. The average Bonchev–Trinajstić information content (AvgIpc) is 2.46. The van der Waals surface area contributed by atoms with Gasteiger partial charge < -0.3 is 5.11 Å². The van der Waals surface area contributed by atoms with Crippen LogP contribution in [0.25, 0.3) is 10.2 Å². The van der Waals surface area contributed by atoms with Gasteiger partial charge in [0.2, 0.25) is 0 Å². The van der Waals surface area contributed by atoms with Crippen LogP contribution in [0.5, 0.6) is 0 Å². The minimum atomic E-state index is 0.0401. The minimum absolute atomic E-state index is 0.0401. The van der Waals surface area contributed by atoms with Gasteiger partial charge in [-0.05, 0) is 24.6 Å². The third-order valence-electron chi connectivity index (χ3n) is 1.72. The topological polar surface area (TPSA) is 33.1 Å². The molecule has 2 aromatic rings. The number of aliphatic hydroxyl groups is 1. The second-order valence-electron chi connectivity index (χ2n) is 2.74. The van der Waals surface area contributed by atoms with Gasteiger partial charge in [0.05, 0.1) is 16.8 Å². The van der Waals surface area contributed by atoms with Crippen molar-refractivity contribution in [1.29, 1.82) is 0 Å². The molecule has 1 N–H and O–H groups in total. The van der Waals surface area contributed by atoms with Gasteiger partial charge in [0.25, 0.3) is 0 Å². The van der Waals surface area contributed by atoms with Gasteiger partial charge in [0, 0.05) is 0 Å². The highest BCUT2D eigenvalue weighted by Crippen LogP contribution is 2.22. The molecule has 0 spiro atoms. The van der Waals surface area contributed by atoms with E-state index in [9.17, 15) is 0 Å². The van der Waals surface area contributed by atoms with Crippen LogP contribution < -0.4 is 0 Å². The molecular formula is C9H9NOS. The maximum absolute atomic E-state index is 8.86. The van der Waals surface area contributed by atoms with E-state index in [0.29, 0.717) is 0 Å². The van der Waals surface area contributed by atoms with Crippen LogP contribution in [0.15, 0.2) is 18.2 Å². The molecule has 0 bridgehead atoms. The summed E-state index contributed by atoms with van der Waals surface area (Å²) in [6.45, 7) is 2.09. The zero-order valence-corrected chi connectivity index (χ0v) is 7.56. The molecule has 0 amide bonds. The number of thiazole rings is 1. The van der Waals surface area contributed by atoms with Gasteiger partial charge in [-0.1, -0.05) is 6.07 Å². The van der Waals surface area contributed by atoms with Gasteiger partial charge in [-0.2, -0.15) is 0 Å². The number of benzene rings is 1. The number of fused-ring (bicyclic) bond motifs is 1. The van der Waals surface area contributed by atoms with Gasteiger partial charge in [0.1, 0.15) is 5.01 Å². The Balaban J connectivity index is 2.67. The second kappa shape index (κ2) is 2.84. The smallest absolute Gasteiger partial charge is 0.119 e. The van der Waals surface area contributed by atoms with Crippen LogP contribution in [-0.4, -0.2) is 10.1 Å². The van der Waals surface area contributed by atoms with E-state index in [2.05, 4.69) is 18.0 Å². The SMILES string of the molecule is Cc1ccc2nc(CO)sc2c1. The van der Waals surface area contributed by atoms with Crippen LogP contribution in [0.2, 0.25) is 0 Å². The molecule has 0 fully saturated rings. The molecule has 0 aliphatic heterocycles. The van der Waals surface area contributed by atoms with Gasteiger partial charge >= 0.3 is 0 Å². The molecule has 1 aromatic carbocycles. The summed E-state index contributed by atoms with van der Waals surface area (Å²) in [5.74, 6) is 0. The summed E-state index contributed by atoms with van der Waals surface area (Å²) >= 11 is 1.55. The number of nitrogens with zero attached hydrogens (tertiary/aromatic N) is 1. The van der Waals surface area contributed by atoms with Gasteiger partial charge in [0.15, 0.2) is 0 Å². The van der Waals surface area contributed by atoms with Crippen LogP contribution in [0.4, 0.5) is 0 Å². The maximum Gasteiger partial charge on any atom is 0.119 e. The predicted octanol–water partition coefficient (Wildman–Crippen LogP) is 2.10. The van der Waals surface area contributed by atoms with Gasteiger partial charge in [-0.15, -0.1) is 11.3 Å². The Morgan fingerprint density at radius 3 is 3.08 bits per heavy atom. The van der Waals surface area contributed by atoms with E-state index < -0.39 is 0 Å². The molecule has 0 atom stereocenters. The van der Waals surface area contributed by atoms with Crippen LogP contribution in [-0.2, 0) is 6.61 Å². The summed E-state index contributed by atoms with van der Waals surface area (Å²) in [5, 5.41) is 9.64. The maximum atomic E-state index is 8.86. The molecule has 0 aliphatic rings. The van der Waals surface area contributed by atoms with Crippen molar-refractivity contribution in [1.82, 2.24) is 4.98 Å². The van der Waals surface area contributed by atoms with E-state index in [0.717, 1.165) is 15.2 Å². The predicted molar refractivity (Wildman–Crippen MR) is 50.3 cm³/mol. The van der Waals surface area contributed by atoms with Gasteiger partial charge in [-0.25, -0.2) is 4.98 Å². The first-order chi connectivity index (χ1) is 5.79. The third-order valence-corrected chi connectivity index (χ3v) is 2.73. The Hall–Kier alpha value is -0.930. The fourth-order valence-electron chi connectivity index (χ4n) is 1.15. The third kappa shape index (κ3) is 1.21. The molecule has 62 valence electrons. The molecule has 0 saturated carbocycles. The van der Waals surface area contributed by atoms with Crippen LogP contribution in [0.1, 0.15) is 10.6 Å². The molecule has 0 radical (unpaired) electrons. The Bertz CT molecular complexity index is 408. The lowest BCUT2D eigenvalue weighted by atomic mass is 10.2. The molecule has 0 unspecified atom stereocenters. The Morgan fingerprint density at radius 1 is 1.50 bits per heavy atom. The zero-order valence-electron chi connectivity index (χ0n) is 6.74. The monoisotopic (exact) mass is 179 g/mol. The number of rotatable bonds is 1. The summed E-state index contributed by atoms with van der Waals surface area (Å²) in [6.07, 6.45) is 0. The van der Waals surface area contributed by atoms with Crippen molar-refractivity contribution in [3.8, 4) is 0 Å². The van der Waals surface area contributed by atoms with Crippen LogP contribution in [0, 0.1) is 6.92 Å². The number of aryl methyl sites for hydroxylation is 1. The molecular weight excluding hydrogens is 170 g/mol. The number of aliphatic hydroxyl groups excluding tert-OH is 1. The lowest BCUT2D eigenvalue weighted by Crippen LogP contribution is -1.77. The zero-order chi connectivity index (χ0) is 8.55. The van der Waals surface area contributed by atoms with E-state index in [4.69, 9.17) is 5.11 Å². The van der Waals surface area contributed by atoms with Crippen molar-refractivity contribution in [2.24, 2.45) is 0 Å². The molecule has 0 saturated heterocycles. The quantitative estimate of drug-likeness (QED) is 0.727. The highest BCUT2D eigenvalue weighted by atomic mass is 32.1. The fraction of sp³-hybridized carbons (Fsp3) is 0.222. The van der Waals surface area contributed by atoms with E-state index in [-0.39, 0.29) is 6.61 Å². The molecule has 0 aliphatic carbocycles. The molecule has 3 heteroatoms. The van der Waals surface area contributed by atoms with Gasteiger partial charge in [-0.3, -0.25) is 0 Å². The van der Waals surface area contributed by atoms with Crippen molar-refractivity contribution in [3.05, 3.63) is 28.8 Å². The van der Waals surface area contributed by atoms with Crippen molar-refractivity contribution in [2.75, 3.05) is 0 Å². The van der Waals surface area contributed by atoms with Crippen molar-refractivity contribution >= 4 is 21.6 Å². The Kier molecular flexibility index (Phi) is 1.83. The Labute approximate surface area is 74.5 Å². The lowest BCUT2D eigenvalue weighted by Gasteiger charge is -1.88.